The van der Waals surface area contributed by atoms with Crippen molar-refractivity contribution in [1.82, 2.24) is 15.0 Å². The van der Waals surface area contributed by atoms with Gasteiger partial charge in [0, 0.05) is 36.8 Å². The fraction of sp³-hybridized carbons (Fsp3) is 0.429. The lowest BCUT2D eigenvalue weighted by molar-refractivity contribution is 0.215. The number of hydrazone groups is 1. The fourth-order valence-corrected chi connectivity index (χ4v) is 5.39. The quantitative estimate of drug-likeness (QED) is 0.183. The minimum atomic E-state index is 0.301. The first-order chi connectivity index (χ1) is 19.0. The van der Waals surface area contributed by atoms with E-state index in [0.717, 1.165) is 68.7 Å². The first-order valence-corrected chi connectivity index (χ1v) is 14.1. The van der Waals surface area contributed by atoms with Crippen LogP contribution < -0.4 is 24.7 Å². The third-order valence-electron chi connectivity index (χ3n) is 6.78. The molecule has 2 fully saturated rings. The monoisotopic (exact) mass is 569 g/mol. The van der Waals surface area contributed by atoms with E-state index in [9.17, 15) is 0 Å². The number of halogens is 2. The van der Waals surface area contributed by atoms with Crippen molar-refractivity contribution < 1.29 is 9.47 Å². The Morgan fingerprint density at radius 3 is 2.00 bits per heavy atom. The molecule has 0 saturated carbocycles. The molecule has 2 aromatic carbocycles. The number of anilines is 3. The topological polar surface area (TPSA) is 88.0 Å². The zero-order valence-electron chi connectivity index (χ0n) is 22.3. The number of nitrogens with zero attached hydrogens (tertiary/aromatic N) is 6. The molecule has 5 rings (SSSR count). The predicted molar refractivity (Wildman–Crippen MR) is 157 cm³/mol. The normalized spacial score (nSPS) is 15.4. The molecule has 2 aliphatic heterocycles. The van der Waals surface area contributed by atoms with E-state index >= 15 is 0 Å². The summed E-state index contributed by atoms with van der Waals surface area (Å²) in [4.78, 5) is 18.4. The van der Waals surface area contributed by atoms with Gasteiger partial charge < -0.3 is 19.3 Å². The molecule has 1 N–H and O–H groups in total. The van der Waals surface area contributed by atoms with Gasteiger partial charge in [-0.1, -0.05) is 41.4 Å². The number of hydrogen-bond acceptors (Lipinski definition) is 9. The van der Waals surface area contributed by atoms with Crippen molar-refractivity contribution in [2.45, 2.75) is 39.5 Å². The second-order valence-corrected chi connectivity index (χ2v) is 10.6. The molecule has 11 heteroatoms. The molecule has 206 valence electrons. The standard InChI is InChI=1S/C28H33Cl2N7O2/c1-19-8-7-9-20(2)24(19)38-14-15-39-25-21(16-22(29)17-23(25)30)18-31-35-26-32-27(36-10-3-4-11-36)34-28(33-26)37-12-5-6-13-37/h7-9,16-18H,3-6,10-15H2,1-2H3,(H,32,33,34,35)/b31-18+. The van der Waals surface area contributed by atoms with Crippen LogP contribution in [0.5, 0.6) is 11.5 Å². The molecule has 0 spiro atoms. The van der Waals surface area contributed by atoms with Crippen LogP contribution in [-0.4, -0.2) is 60.6 Å². The van der Waals surface area contributed by atoms with Gasteiger partial charge in [0.05, 0.1) is 11.2 Å². The van der Waals surface area contributed by atoms with E-state index in [0.29, 0.717) is 52.4 Å². The predicted octanol–water partition coefficient (Wildman–Crippen LogP) is 5.90. The number of aryl methyl sites for hydroxylation is 2. The first-order valence-electron chi connectivity index (χ1n) is 13.3. The van der Waals surface area contributed by atoms with Gasteiger partial charge in [0.2, 0.25) is 17.8 Å². The molecule has 1 aromatic heterocycles. The SMILES string of the molecule is Cc1cccc(C)c1OCCOc1c(Cl)cc(Cl)cc1/C=N/Nc1nc(N2CCCC2)nc(N2CCCC2)n1. The number of nitrogens with one attached hydrogen (secondary N) is 1. The Morgan fingerprint density at radius 2 is 1.41 bits per heavy atom. The highest BCUT2D eigenvalue weighted by Gasteiger charge is 2.21. The van der Waals surface area contributed by atoms with Crippen LogP contribution in [0.1, 0.15) is 42.4 Å². The Labute approximate surface area is 239 Å². The summed E-state index contributed by atoms with van der Waals surface area (Å²) in [6, 6.07) is 9.45. The highest BCUT2D eigenvalue weighted by molar-refractivity contribution is 6.36. The van der Waals surface area contributed by atoms with Gasteiger partial charge in [0.15, 0.2) is 0 Å². The van der Waals surface area contributed by atoms with E-state index in [4.69, 9.17) is 37.7 Å². The number of ether oxygens (including phenoxy) is 2. The largest absolute Gasteiger partial charge is 0.489 e. The number of aromatic nitrogens is 3. The maximum atomic E-state index is 6.49. The van der Waals surface area contributed by atoms with Crippen molar-refractivity contribution in [3.8, 4) is 11.5 Å². The number of rotatable bonds is 10. The molecule has 9 nitrogen and oxygen atoms in total. The van der Waals surface area contributed by atoms with Crippen LogP contribution in [0.4, 0.5) is 17.8 Å². The molecule has 0 atom stereocenters. The molecule has 39 heavy (non-hydrogen) atoms. The average Bonchev–Trinajstić information content (AvgIpc) is 3.64. The molecular formula is C28H33Cl2N7O2. The summed E-state index contributed by atoms with van der Waals surface area (Å²) in [7, 11) is 0. The zero-order chi connectivity index (χ0) is 27.2. The van der Waals surface area contributed by atoms with Crippen molar-refractivity contribution in [3.63, 3.8) is 0 Å². The van der Waals surface area contributed by atoms with Crippen LogP contribution in [0.15, 0.2) is 35.4 Å². The lowest BCUT2D eigenvalue weighted by atomic mass is 10.1. The number of hydrogen-bond donors (Lipinski definition) is 1. The van der Waals surface area contributed by atoms with Crippen molar-refractivity contribution in [2.24, 2.45) is 5.10 Å². The summed E-state index contributed by atoms with van der Waals surface area (Å²) < 4.78 is 12.0. The summed E-state index contributed by atoms with van der Waals surface area (Å²) in [5, 5.41) is 5.27. The summed E-state index contributed by atoms with van der Waals surface area (Å²) in [5.74, 6) is 3.10. The van der Waals surface area contributed by atoms with Gasteiger partial charge in [-0.25, -0.2) is 5.43 Å². The highest BCUT2D eigenvalue weighted by Crippen LogP contribution is 2.32. The molecule has 2 saturated heterocycles. The first kappa shape index (κ1) is 27.3. The van der Waals surface area contributed by atoms with Gasteiger partial charge in [0.25, 0.3) is 0 Å². The second kappa shape index (κ2) is 12.7. The van der Waals surface area contributed by atoms with Gasteiger partial charge in [-0.3, -0.25) is 0 Å². The maximum Gasteiger partial charge on any atom is 0.250 e. The Hall–Kier alpha value is -3.30. The average molecular weight is 571 g/mol. The van der Waals surface area contributed by atoms with Crippen molar-refractivity contribution in [2.75, 3.05) is 54.6 Å². The van der Waals surface area contributed by atoms with Gasteiger partial charge in [-0.15, -0.1) is 0 Å². The van der Waals surface area contributed by atoms with Crippen molar-refractivity contribution >= 4 is 47.3 Å². The third-order valence-corrected chi connectivity index (χ3v) is 7.28. The van der Waals surface area contributed by atoms with Crippen LogP contribution >= 0.6 is 23.2 Å². The number of benzene rings is 2. The Bertz CT molecular complexity index is 1270. The highest BCUT2D eigenvalue weighted by atomic mass is 35.5. The van der Waals surface area contributed by atoms with Gasteiger partial charge in [-0.05, 0) is 62.8 Å². The molecule has 0 bridgehead atoms. The Kier molecular flexibility index (Phi) is 8.88. The van der Waals surface area contributed by atoms with Crippen molar-refractivity contribution in [3.05, 3.63) is 57.1 Å². The minimum absolute atomic E-state index is 0.301. The maximum absolute atomic E-state index is 6.49. The Balaban J connectivity index is 1.29. The summed E-state index contributed by atoms with van der Waals surface area (Å²) in [6.45, 7) is 8.49. The van der Waals surface area contributed by atoms with E-state index in [1.807, 2.05) is 32.0 Å². The summed E-state index contributed by atoms with van der Waals surface area (Å²) >= 11 is 12.8. The van der Waals surface area contributed by atoms with E-state index in [2.05, 4.69) is 30.3 Å². The molecule has 3 heterocycles. The molecule has 0 aliphatic carbocycles. The van der Waals surface area contributed by atoms with Crippen LogP contribution in [-0.2, 0) is 0 Å². The van der Waals surface area contributed by atoms with Gasteiger partial charge in [-0.2, -0.15) is 20.1 Å². The molecule has 0 radical (unpaired) electrons. The van der Waals surface area contributed by atoms with E-state index < -0.39 is 0 Å². The lowest BCUT2D eigenvalue weighted by Crippen LogP contribution is -2.25. The molecule has 3 aromatic rings. The molecular weight excluding hydrogens is 537 g/mol. The van der Waals surface area contributed by atoms with Crippen LogP contribution in [0.25, 0.3) is 0 Å². The smallest absolute Gasteiger partial charge is 0.250 e. The third kappa shape index (κ3) is 6.83. The zero-order valence-corrected chi connectivity index (χ0v) is 23.8. The molecule has 0 unspecified atom stereocenters. The van der Waals surface area contributed by atoms with E-state index in [1.165, 1.54) is 0 Å². The Morgan fingerprint density at radius 1 is 0.846 bits per heavy atom. The lowest BCUT2D eigenvalue weighted by Gasteiger charge is -2.20. The molecule has 0 amide bonds. The van der Waals surface area contributed by atoms with Crippen LogP contribution in [0.3, 0.4) is 0 Å². The summed E-state index contributed by atoms with van der Waals surface area (Å²) in [5.41, 5.74) is 5.76. The van der Waals surface area contributed by atoms with Crippen LogP contribution in [0.2, 0.25) is 10.0 Å². The minimum Gasteiger partial charge on any atom is -0.489 e. The number of para-hydroxylation sites is 1. The van der Waals surface area contributed by atoms with E-state index in [1.54, 1.807) is 18.3 Å². The fourth-order valence-electron chi connectivity index (χ4n) is 4.82. The molecule has 2 aliphatic rings. The van der Waals surface area contributed by atoms with Gasteiger partial charge >= 0.3 is 0 Å². The van der Waals surface area contributed by atoms with Crippen LogP contribution in [0, 0.1) is 13.8 Å². The second-order valence-electron chi connectivity index (χ2n) is 9.74. The summed E-state index contributed by atoms with van der Waals surface area (Å²) in [6.07, 6.45) is 6.16. The van der Waals surface area contributed by atoms with Crippen molar-refractivity contribution in [1.29, 1.82) is 0 Å². The van der Waals surface area contributed by atoms with E-state index in [-0.39, 0.29) is 0 Å². The van der Waals surface area contributed by atoms with Gasteiger partial charge in [0.1, 0.15) is 24.7 Å².